The molecule has 5 nitrogen and oxygen atoms in total. The van der Waals surface area contributed by atoms with Crippen LogP contribution in [0.5, 0.6) is 0 Å². The summed E-state index contributed by atoms with van der Waals surface area (Å²) in [5.74, 6) is -1.91. The van der Waals surface area contributed by atoms with Gasteiger partial charge >= 0.3 is 0 Å². The Morgan fingerprint density at radius 3 is 2.65 bits per heavy atom. The molecule has 2 rings (SSSR count). The van der Waals surface area contributed by atoms with Crippen LogP contribution in [0.15, 0.2) is 41.3 Å². The number of anilines is 1. The first kappa shape index (κ1) is 17.2. The van der Waals surface area contributed by atoms with Crippen molar-refractivity contribution in [1.82, 2.24) is 0 Å². The molecule has 0 unspecified atom stereocenters. The lowest BCUT2D eigenvalue weighted by molar-refractivity contribution is -0.384. The van der Waals surface area contributed by atoms with Crippen molar-refractivity contribution in [2.24, 2.45) is 0 Å². The van der Waals surface area contributed by atoms with Gasteiger partial charge in [0.25, 0.3) is 5.69 Å². The van der Waals surface area contributed by atoms with E-state index in [9.17, 15) is 23.7 Å². The Morgan fingerprint density at radius 1 is 1.26 bits per heavy atom. The highest BCUT2D eigenvalue weighted by Gasteiger charge is 2.13. The number of halogens is 3. The molecule has 0 heterocycles. The van der Waals surface area contributed by atoms with E-state index in [-0.39, 0.29) is 27.0 Å². The van der Waals surface area contributed by atoms with Gasteiger partial charge in [-0.3, -0.25) is 14.9 Å². The maximum Gasteiger partial charge on any atom is 0.271 e. The van der Waals surface area contributed by atoms with Crippen LogP contribution < -0.4 is 5.32 Å². The fraction of sp³-hybridized carbons (Fsp3) is 0.0714. The molecule has 0 aromatic heterocycles. The lowest BCUT2D eigenvalue weighted by Gasteiger charge is -2.07. The number of nitro benzene ring substituents is 1. The van der Waals surface area contributed by atoms with Crippen LogP contribution in [0.2, 0.25) is 5.02 Å². The van der Waals surface area contributed by atoms with Gasteiger partial charge in [-0.1, -0.05) is 11.6 Å². The summed E-state index contributed by atoms with van der Waals surface area (Å²) in [7, 11) is 0. The molecule has 2 aromatic carbocycles. The zero-order valence-corrected chi connectivity index (χ0v) is 13.0. The number of benzene rings is 2. The average molecular weight is 359 g/mol. The third kappa shape index (κ3) is 4.64. The maximum atomic E-state index is 13.4. The van der Waals surface area contributed by atoms with Gasteiger partial charge in [-0.25, -0.2) is 8.78 Å². The monoisotopic (exact) mass is 358 g/mol. The molecule has 0 aliphatic carbocycles. The van der Waals surface area contributed by atoms with Gasteiger partial charge in [-0.15, -0.1) is 11.8 Å². The number of carbonyl (C=O) groups is 1. The zero-order valence-electron chi connectivity index (χ0n) is 11.4. The lowest BCUT2D eigenvalue weighted by atomic mass is 10.3. The van der Waals surface area contributed by atoms with Gasteiger partial charge in [0.05, 0.1) is 21.4 Å². The Morgan fingerprint density at radius 2 is 2.00 bits per heavy atom. The summed E-state index contributed by atoms with van der Waals surface area (Å²) in [5, 5.41) is 13.1. The summed E-state index contributed by atoms with van der Waals surface area (Å²) in [6, 6.07) is 6.55. The van der Waals surface area contributed by atoms with Crippen LogP contribution in [0.25, 0.3) is 0 Å². The topological polar surface area (TPSA) is 72.2 Å². The first-order valence-electron chi connectivity index (χ1n) is 6.18. The van der Waals surface area contributed by atoms with Crippen molar-refractivity contribution in [3.63, 3.8) is 0 Å². The molecule has 9 heteroatoms. The van der Waals surface area contributed by atoms with Gasteiger partial charge in [0.15, 0.2) is 0 Å². The Kier molecular flexibility index (Phi) is 5.51. The maximum absolute atomic E-state index is 13.4. The minimum atomic E-state index is -0.627. The summed E-state index contributed by atoms with van der Waals surface area (Å²) < 4.78 is 26.4. The zero-order chi connectivity index (χ0) is 17.0. The first-order valence-corrected chi connectivity index (χ1v) is 7.55. The smallest absolute Gasteiger partial charge is 0.271 e. The summed E-state index contributed by atoms with van der Waals surface area (Å²) >= 11 is 6.67. The number of nitrogens with one attached hydrogen (secondary N) is 1. The number of non-ortho nitro benzene ring substituents is 1. The molecular weight excluding hydrogens is 350 g/mol. The van der Waals surface area contributed by atoms with Crippen molar-refractivity contribution in [2.45, 2.75) is 4.90 Å². The van der Waals surface area contributed by atoms with E-state index in [4.69, 9.17) is 11.6 Å². The third-order valence-corrected chi connectivity index (χ3v) is 4.03. The van der Waals surface area contributed by atoms with Gasteiger partial charge < -0.3 is 5.32 Å². The summed E-state index contributed by atoms with van der Waals surface area (Å²) in [6.07, 6.45) is 0. The van der Waals surface area contributed by atoms with Crippen LogP contribution in [0.4, 0.5) is 20.2 Å². The van der Waals surface area contributed by atoms with Crippen LogP contribution in [0.3, 0.4) is 0 Å². The number of amides is 1. The predicted molar refractivity (Wildman–Crippen MR) is 83.8 cm³/mol. The van der Waals surface area contributed by atoms with Crippen LogP contribution in [-0.4, -0.2) is 16.6 Å². The molecule has 0 saturated heterocycles. The van der Waals surface area contributed by atoms with Crippen molar-refractivity contribution in [3.05, 3.63) is 63.2 Å². The molecule has 0 aliphatic rings. The number of carbonyl (C=O) groups excluding carboxylic acids is 1. The fourth-order valence-corrected chi connectivity index (χ4v) is 2.62. The van der Waals surface area contributed by atoms with Gasteiger partial charge in [0, 0.05) is 17.0 Å². The number of thioether (sulfide) groups is 1. The predicted octanol–water partition coefficient (Wildman–Crippen LogP) is 4.26. The largest absolute Gasteiger partial charge is 0.324 e. The highest BCUT2D eigenvalue weighted by molar-refractivity contribution is 8.00. The van der Waals surface area contributed by atoms with E-state index in [2.05, 4.69) is 5.32 Å². The average Bonchev–Trinajstić information content (AvgIpc) is 2.50. The molecule has 0 radical (unpaired) electrons. The van der Waals surface area contributed by atoms with Crippen molar-refractivity contribution < 1.29 is 18.5 Å². The minimum Gasteiger partial charge on any atom is -0.324 e. The quantitative estimate of drug-likeness (QED) is 0.492. The second-order valence-electron chi connectivity index (χ2n) is 4.33. The number of nitro groups is 1. The van der Waals surface area contributed by atoms with E-state index < -0.39 is 22.5 Å². The van der Waals surface area contributed by atoms with E-state index in [1.165, 1.54) is 12.1 Å². The standard InChI is InChI=1S/C14H9ClF2N2O3S/c15-10-6-9(19(21)22)2-4-12(10)18-14(20)7-23-13-5-8(16)1-3-11(13)17/h1-6H,7H2,(H,18,20). The first-order chi connectivity index (χ1) is 10.9. The molecule has 0 atom stereocenters. The Bertz CT molecular complexity index is 774. The molecule has 0 fully saturated rings. The molecule has 0 bridgehead atoms. The van der Waals surface area contributed by atoms with Crippen LogP contribution in [-0.2, 0) is 4.79 Å². The summed E-state index contributed by atoms with van der Waals surface area (Å²) in [5.41, 5.74) is -0.00760. The molecule has 1 amide bonds. The molecule has 1 N–H and O–H groups in total. The number of nitrogens with zero attached hydrogens (tertiary/aromatic N) is 1. The van der Waals surface area contributed by atoms with Crippen LogP contribution in [0, 0.1) is 21.7 Å². The summed E-state index contributed by atoms with van der Waals surface area (Å²) in [6.45, 7) is 0. The van der Waals surface area contributed by atoms with Crippen molar-refractivity contribution in [1.29, 1.82) is 0 Å². The highest BCUT2D eigenvalue weighted by atomic mass is 35.5. The lowest BCUT2D eigenvalue weighted by Crippen LogP contribution is -2.14. The second kappa shape index (κ2) is 7.38. The molecule has 0 spiro atoms. The molecular formula is C14H9ClF2N2O3S. The minimum absolute atomic E-state index is 0.00878. The van der Waals surface area contributed by atoms with E-state index in [0.29, 0.717) is 0 Å². The van der Waals surface area contributed by atoms with Crippen molar-refractivity contribution in [3.8, 4) is 0 Å². The second-order valence-corrected chi connectivity index (χ2v) is 5.76. The number of rotatable bonds is 5. The molecule has 120 valence electrons. The van der Waals surface area contributed by atoms with Gasteiger partial charge in [0.2, 0.25) is 5.91 Å². The normalized spacial score (nSPS) is 10.4. The Hall–Kier alpha value is -2.19. The van der Waals surface area contributed by atoms with Crippen LogP contribution >= 0.6 is 23.4 Å². The molecule has 23 heavy (non-hydrogen) atoms. The van der Waals surface area contributed by atoms with Crippen molar-refractivity contribution in [2.75, 3.05) is 11.1 Å². The number of hydrogen-bond donors (Lipinski definition) is 1. The Labute approximate surface area is 138 Å². The highest BCUT2D eigenvalue weighted by Crippen LogP contribution is 2.27. The SMILES string of the molecule is O=C(CSc1cc(F)ccc1F)Nc1ccc([N+](=O)[O-])cc1Cl. The van der Waals surface area contributed by atoms with E-state index >= 15 is 0 Å². The number of hydrogen-bond acceptors (Lipinski definition) is 4. The van der Waals surface area contributed by atoms with Gasteiger partial charge in [-0.05, 0) is 24.3 Å². The Balaban J connectivity index is 2.00. The van der Waals surface area contributed by atoms with Crippen LogP contribution in [0.1, 0.15) is 0 Å². The molecule has 2 aromatic rings. The molecule has 0 aliphatic heterocycles. The van der Waals surface area contributed by atoms with E-state index in [0.717, 1.165) is 36.0 Å². The molecule has 0 saturated carbocycles. The van der Waals surface area contributed by atoms with Gasteiger partial charge in [0.1, 0.15) is 11.6 Å². The summed E-state index contributed by atoms with van der Waals surface area (Å²) in [4.78, 5) is 21.8. The third-order valence-electron chi connectivity index (χ3n) is 2.69. The van der Waals surface area contributed by atoms with E-state index in [1.54, 1.807) is 0 Å². The fourth-order valence-electron chi connectivity index (χ4n) is 1.64. The van der Waals surface area contributed by atoms with Gasteiger partial charge in [-0.2, -0.15) is 0 Å². The van der Waals surface area contributed by atoms with Crippen molar-refractivity contribution >= 4 is 40.6 Å². The van der Waals surface area contributed by atoms with E-state index in [1.807, 2.05) is 0 Å².